The highest BCUT2D eigenvalue weighted by Gasteiger charge is 2.10. The number of aromatic nitrogens is 1. The Morgan fingerprint density at radius 3 is 2.85 bits per heavy atom. The molecule has 4 heteroatoms. The molecule has 0 unspecified atom stereocenters. The summed E-state index contributed by atoms with van der Waals surface area (Å²) in [5, 5.41) is 0. The molecule has 1 aromatic heterocycles. The van der Waals surface area contributed by atoms with Gasteiger partial charge in [-0.3, -0.25) is 0 Å². The van der Waals surface area contributed by atoms with E-state index in [4.69, 9.17) is 11.0 Å². The maximum absolute atomic E-state index is 7.86. The van der Waals surface area contributed by atoms with E-state index in [1.807, 2.05) is 0 Å². The van der Waals surface area contributed by atoms with Gasteiger partial charge < -0.3 is 9.64 Å². The molecule has 0 amide bonds. The number of nitrogens with zero attached hydrogens (tertiary/aromatic N) is 2. The van der Waals surface area contributed by atoms with Crippen LogP contribution in [0.5, 0.6) is 0 Å². The highest BCUT2D eigenvalue weighted by molar-refractivity contribution is 9.10. The molecule has 70 valence electrons. The Labute approximate surface area is 97.1 Å². The zero-order valence-corrected chi connectivity index (χ0v) is 8.00. The molecule has 3 nitrogen and oxygen atoms in total. The maximum Gasteiger partial charge on any atom is 0.106 e. The van der Waals surface area contributed by atoms with Gasteiger partial charge in [-0.25, -0.2) is 4.98 Å². The fourth-order valence-electron chi connectivity index (χ4n) is 0.820. The van der Waals surface area contributed by atoms with Gasteiger partial charge in [0.2, 0.25) is 0 Å². The van der Waals surface area contributed by atoms with Crippen LogP contribution >= 0.6 is 15.9 Å². The van der Waals surface area contributed by atoms with Gasteiger partial charge in [0.1, 0.15) is 4.60 Å². The van der Waals surface area contributed by atoms with Crippen LogP contribution in [0.1, 0.15) is 11.0 Å². The van der Waals surface area contributed by atoms with Crippen LogP contribution in [0.4, 0.5) is 5.69 Å². The number of morpholine rings is 1. The number of hydrogen-bond donors (Lipinski definition) is 0. The smallest absolute Gasteiger partial charge is 0.106 e. The largest absolute Gasteiger partial charge is 0.378 e. The minimum absolute atomic E-state index is 0.107. The molecule has 1 saturated heterocycles. The Balaban J connectivity index is 2.64. The molecular weight excluding hydrogens is 232 g/mol. The Hall–Kier alpha value is -0.610. The first kappa shape index (κ1) is 3.51. The van der Waals surface area contributed by atoms with Crippen LogP contribution in [0, 0.1) is 0 Å². The molecule has 2 heterocycles. The average Bonchev–Trinajstić information content (AvgIpc) is 2.28. The van der Waals surface area contributed by atoms with Gasteiger partial charge in [-0.05, 0) is 28.1 Å². The van der Waals surface area contributed by atoms with E-state index in [1.54, 1.807) is 0 Å². The highest BCUT2D eigenvalue weighted by atomic mass is 79.9. The molecule has 1 aromatic rings. The normalized spacial score (nSPS) is 42.1. The Morgan fingerprint density at radius 1 is 1.46 bits per heavy atom. The van der Waals surface area contributed by atoms with Crippen LogP contribution in [-0.2, 0) is 4.74 Å². The second-order valence-electron chi connectivity index (χ2n) is 2.20. The quantitative estimate of drug-likeness (QED) is 0.710. The van der Waals surface area contributed by atoms with E-state index >= 15 is 0 Å². The van der Waals surface area contributed by atoms with Crippen LogP contribution in [-0.4, -0.2) is 31.1 Å². The number of halogens is 1. The van der Waals surface area contributed by atoms with Crippen molar-refractivity contribution in [3.63, 3.8) is 0 Å². The van der Waals surface area contributed by atoms with Gasteiger partial charge in [0.15, 0.2) is 0 Å². The van der Waals surface area contributed by atoms with Crippen molar-refractivity contribution in [3.8, 4) is 0 Å². The predicted molar refractivity (Wildman–Crippen MR) is 55.0 cm³/mol. The lowest BCUT2D eigenvalue weighted by Gasteiger charge is -2.28. The zero-order valence-electron chi connectivity index (χ0n) is 14.4. The summed E-state index contributed by atoms with van der Waals surface area (Å²) in [6.45, 7) is -12.0. The Kier molecular flexibility index (Phi) is 1.10. The van der Waals surface area contributed by atoms with E-state index in [2.05, 4.69) is 25.7 Å². The molecule has 0 spiro atoms. The molecule has 0 aromatic carbocycles. The van der Waals surface area contributed by atoms with E-state index in [0.717, 1.165) is 6.20 Å². The predicted octanol–water partition coefficient (Wildman–Crippen LogP) is 1.68. The van der Waals surface area contributed by atoms with Gasteiger partial charge in [0.05, 0.1) is 36.0 Å². The van der Waals surface area contributed by atoms with Crippen LogP contribution < -0.4 is 4.90 Å². The van der Waals surface area contributed by atoms with Gasteiger partial charge in [0, 0.05) is 13.0 Å². The first-order valence-corrected chi connectivity index (χ1v) is 4.24. The second kappa shape index (κ2) is 4.07. The molecule has 0 aliphatic carbocycles. The monoisotopic (exact) mass is 250 g/mol. The molecule has 0 radical (unpaired) electrons. The van der Waals surface area contributed by atoms with Crippen LogP contribution in [0.15, 0.2) is 22.9 Å². The molecule has 1 aliphatic heterocycles. The summed E-state index contributed by atoms with van der Waals surface area (Å²) in [5.74, 6) is 0. The van der Waals surface area contributed by atoms with Crippen molar-refractivity contribution in [1.82, 2.24) is 4.98 Å². The number of ether oxygens (including phenoxy) is 1. The first-order chi connectivity index (χ1) is 9.33. The van der Waals surface area contributed by atoms with Gasteiger partial charge in [-0.1, -0.05) is 0 Å². The van der Waals surface area contributed by atoms with Crippen molar-refractivity contribution in [1.29, 1.82) is 0 Å². The molecule has 0 N–H and O–H groups in total. The first-order valence-electron chi connectivity index (χ1n) is 7.45. The number of anilines is 1. The SMILES string of the molecule is [2H]C1([2H])OC([2H])([2H])C([2H])([2H])N(c2ccc(Br)nc2)C1([2H])[2H]. The van der Waals surface area contributed by atoms with Gasteiger partial charge in [0.25, 0.3) is 0 Å². The highest BCUT2D eigenvalue weighted by Crippen LogP contribution is 2.16. The van der Waals surface area contributed by atoms with Crippen molar-refractivity contribution < 1.29 is 15.7 Å². The molecule has 0 atom stereocenters. The number of rotatable bonds is 1. The maximum atomic E-state index is 7.86. The third-order valence-corrected chi connectivity index (χ3v) is 1.86. The third kappa shape index (κ3) is 2.19. The summed E-state index contributed by atoms with van der Waals surface area (Å²) < 4.78 is 66.6. The van der Waals surface area contributed by atoms with Crippen molar-refractivity contribution in [2.75, 3.05) is 31.0 Å². The summed E-state index contributed by atoms with van der Waals surface area (Å²) in [5.41, 5.74) is -0.107. The van der Waals surface area contributed by atoms with Crippen LogP contribution in [0.25, 0.3) is 0 Å². The summed E-state index contributed by atoms with van der Waals surface area (Å²) in [6, 6.07) is 2.73. The molecule has 2 rings (SSSR count). The molecular formula is C9H11BrN2O. The summed E-state index contributed by atoms with van der Waals surface area (Å²) in [6.07, 6.45) is 1.12. The van der Waals surface area contributed by atoms with E-state index in [-0.39, 0.29) is 5.69 Å². The van der Waals surface area contributed by atoms with Crippen LogP contribution in [0.3, 0.4) is 0 Å². The average molecular weight is 251 g/mol. The molecule has 1 fully saturated rings. The van der Waals surface area contributed by atoms with E-state index in [1.165, 1.54) is 12.1 Å². The molecule has 0 saturated carbocycles. The molecule has 1 aliphatic rings. The fraction of sp³-hybridized carbons (Fsp3) is 0.444. The Bertz CT molecular complexity index is 523. The lowest BCUT2D eigenvalue weighted by molar-refractivity contribution is 0.122. The van der Waals surface area contributed by atoms with Gasteiger partial charge >= 0.3 is 0 Å². The third-order valence-electron chi connectivity index (χ3n) is 1.39. The lowest BCUT2D eigenvalue weighted by atomic mass is 10.3. The topological polar surface area (TPSA) is 25.4 Å². The van der Waals surface area contributed by atoms with E-state index < -0.39 is 26.1 Å². The van der Waals surface area contributed by atoms with Crippen molar-refractivity contribution in [3.05, 3.63) is 22.9 Å². The second-order valence-corrected chi connectivity index (χ2v) is 3.02. The standard InChI is InChI=1S/C9H11BrN2O/c10-9-2-1-8(7-11-9)12-3-5-13-6-4-12/h1-2,7H,3-6H2/i3D2,4D2,5D2,6D2. The summed E-state index contributed by atoms with van der Waals surface area (Å²) >= 11 is 3.08. The lowest BCUT2D eigenvalue weighted by Crippen LogP contribution is -2.36. The summed E-state index contributed by atoms with van der Waals surface area (Å²) in [4.78, 5) is 4.21. The summed E-state index contributed by atoms with van der Waals surface area (Å²) in [7, 11) is 0. The number of pyridine rings is 1. The molecule has 13 heavy (non-hydrogen) atoms. The zero-order chi connectivity index (χ0) is 16.3. The van der Waals surface area contributed by atoms with Crippen LogP contribution in [0.2, 0.25) is 0 Å². The fourth-order valence-corrected chi connectivity index (χ4v) is 1.05. The minimum atomic E-state index is -3.06. The van der Waals surface area contributed by atoms with E-state index in [9.17, 15) is 0 Å². The van der Waals surface area contributed by atoms with Crippen molar-refractivity contribution in [2.24, 2.45) is 0 Å². The van der Waals surface area contributed by atoms with E-state index in [0.29, 0.717) is 9.50 Å². The minimum Gasteiger partial charge on any atom is -0.378 e. The number of hydrogen-bond acceptors (Lipinski definition) is 3. The molecule has 0 bridgehead atoms. The van der Waals surface area contributed by atoms with Crippen molar-refractivity contribution >= 4 is 21.6 Å². The van der Waals surface area contributed by atoms with Gasteiger partial charge in [-0.15, -0.1) is 0 Å². The van der Waals surface area contributed by atoms with Gasteiger partial charge in [-0.2, -0.15) is 0 Å². The van der Waals surface area contributed by atoms with Crippen molar-refractivity contribution in [2.45, 2.75) is 0 Å². The Morgan fingerprint density at radius 2 is 2.23 bits per heavy atom.